The highest BCUT2D eigenvalue weighted by Crippen LogP contribution is 2.37. The minimum absolute atomic E-state index is 0.0343. The molecule has 3 amide bonds. The summed E-state index contributed by atoms with van der Waals surface area (Å²) in [7, 11) is 0. The van der Waals surface area contributed by atoms with Crippen LogP contribution in [-0.4, -0.2) is 61.5 Å². The van der Waals surface area contributed by atoms with Gasteiger partial charge in [-0.2, -0.15) is 13.2 Å². The minimum atomic E-state index is -4.50. The summed E-state index contributed by atoms with van der Waals surface area (Å²) in [4.78, 5) is 40.5. The fourth-order valence-electron chi connectivity index (χ4n) is 5.07. The van der Waals surface area contributed by atoms with Crippen LogP contribution in [0.25, 0.3) is 0 Å². The van der Waals surface area contributed by atoms with Crippen molar-refractivity contribution < 1.29 is 37.0 Å². The van der Waals surface area contributed by atoms with E-state index in [0.717, 1.165) is 12.1 Å². The van der Waals surface area contributed by atoms with Crippen LogP contribution in [0.2, 0.25) is 0 Å². The van der Waals surface area contributed by atoms with Gasteiger partial charge in [0.05, 0.1) is 22.6 Å². The van der Waals surface area contributed by atoms with Gasteiger partial charge in [0, 0.05) is 19.6 Å². The van der Waals surface area contributed by atoms with Gasteiger partial charge in [0.1, 0.15) is 18.1 Å². The normalized spacial score (nSPS) is 20.4. The predicted molar refractivity (Wildman–Crippen MR) is 141 cm³/mol. The second-order valence-corrected chi connectivity index (χ2v) is 10.4. The lowest BCUT2D eigenvalue weighted by Crippen LogP contribution is -2.53. The largest absolute Gasteiger partial charge is 0.491 e. The number of rotatable bonds is 3. The molecule has 2 N–H and O–H groups in total. The van der Waals surface area contributed by atoms with Crippen molar-refractivity contribution in [3.05, 3.63) is 59.7 Å². The Balaban J connectivity index is 1.36. The Morgan fingerprint density at radius 1 is 1.07 bits per heavy atom. The van der Waals surface area contributed by atoms with Crippen LogP contribution in [0, 0.1) is 5.41 Å². The lowest BCUT2D eigenvalue weighted by Gasteiger charge is -2.41. The molecule has 1 atom stereocenters. The van der Waals surface area contributed by atoms with Crippen molar-refractivity contribution in [2.75, 3.05) is 32.8 Å². The maximum atomic E-state index is 13.5. The Kier molecular flexibility index (Phi) is 9.21. The molecule has 2 aliphatic rings. The first-order chi connectivity index (χ1) is 19.1. The van der Waals surface area contributed by atoms with E-state index >= 15 is 0 Å². The van der Waals surface area contributed by atoms with E-state index in [1.807, 2.05) is 6.92 Å². The highest BCUT2D eigenvalue weighted by atomic mass is 19.4. The van der Waals surface area contributed by atoms with Crippen LogP contribution in [0.3, 0.4) is 0 Å². The Labute approximate surface area is 231 Å². The number of carbonyl (C=O) groups excluding carboxylic acids is 3. The van der Waals surface area contributed by atoms with Crippen molar-refractivity contribution in [3.63, 3.8) is 0 Å². The molecule has 0 aromatic heterocycles. The van der Waals surface area contributed by atoms with Gasteiger partial charge in [-0.25, -0.2) is 0 Å². The van der Waals surface area contributed by atoms with Crippen LogP contribution < -0.4 is 20.1 Å². The van der Waals surface area contributed by atoms with Gasteiger partial charge in [-0.05, 0) is 62.9 Å². The molecule has 4 rings (SSSR count). The average molecular weight is 562 g/mol. The van der Waals surface area contributed by atoms with Crippen LogP contribution in [0.1, 0.15) is 54.9 Å². The number of hydrogen-bond acceptors (Lipinski definition) is 5. The number of fused-ring (bicyclic) bond motifs is 1. The molecule has 0 aliphatic carbocycles. The third-order valence-corrected chi connectivity index (χ3v) is 7.44. The highest BCUT2D eigenvalue weighted by molar-refractivity contribution is 5.96. The topological polar surface area (TPSA) is 97.0 Å². The minimum Gasteiger partial charge on any atom is -0.491 e. The maximum absolute atomic E-state index is 13.5. The molecular weight excluding hydrogens is 527 g/mol. The quantitative estimate of drug-likeness (QED) is 0.586. The van der Waals surface area contributed by atoms with E-state index in [-0.39, 0.29) is 36.1 Å². The summed E-state index contributed by atoms with van der Waals surface area (Å²) in [6.45, 7) is 2.74. The predicted octanol–water partition coefficient (Wildman–Crippen LogP) is 4.19. The number of amides is 3. The Bertz CT molecular complexity index is 1210. The molecule has 2 aromatic rings. The zero-order valence-corrected chi connectivity index (χ0v) is 22.4. The van der Waals surface area contributed by atoms with Crippen LogP contribution in [-0.2, 0) is 15.8 Å². The van der Waals surface area contributed by atoms with Crippen LogP contribution in [0.4, 0.5) is 13.2 Å². The number of hydrogen-bond donors (Lipinski definition) is 2. The van der Waals surface area contributed by atoms with Crippen LogP contribution in [0.5, 0.6) is 11.5 Å². The summed E-state index contributed by atoms with van der Waals surface area (Å²) in [5.74, 6) is -0.236. The first-order valence-electron chi connectivity index (χ1n) is 13.5. The zero-order chi connectivity index (χ0) is 28.8. The van der Waals surface area contributed by atoms with Gasteiger partial charge in [-0.15, -0.1) is 0 Å². The van der Waals surface area contributed by atoms with E-state index in [9.17, 15) is 27.6 Å². The SMILES string of the molecule is C[C@@H]1COc2ccccc2C(=O)NCCCCC2(CCN(C(=O)COc3cccc(C(F)(F)F)c3)CC2)C(=O)N1. The molecule has 40 heavy (non-hydrogen) atoms. The van der Waals surface area contributed by atoms with Gasteiger partial charge < -0.3 is 25.0 Å². The van der Waals surface area contributed by atoms with Gasteiger partial charge in [0.25, 0.3) is 11.8 Å². The lowest BCUT2D eigenvalue weighted by molar-refractivity contribution is -0.142. The van der Waals surface area contributed by atoms with E-state index in [4.69, 9.17) is 9.47 Å². The number of halogens is 3. The number of benzene rings is 2. The van der Waals surface area contributed by atoms with Crippen molar-refractivity contribution >= 4 is 17.7 Å². The molecule has 11 heteroatoms. The summed E-state index contributed by atoms with van der Waals surface area (Å²) >= 11 is 0. The van der Waals surface area contributed by atoms with Crippen molar-refractivity contribution in [2.45, 2.75) is 51.2 Å². The molecule has 1 saturated heterocycles. The number of piperidine rings is 1. The standard InChI is InChI=1S/C29H34F3N3O5/c1-20-18-40-24-10-3-2-9-23(24)26(37)33-14-5-4-11-28(27(38)34-20)12-15-35(16-13-28)25(36)19-39-22-8-6-7-21(17-22)29(30,31)32/h2-3,6-10,17,20H,4-5,11-16,18-19H2,1H3,(H,33,37)(H,34,38)/t20-/m1/s1. The fourth-order valence-corrected chi connectivity index (χ4v) is 5.07. The molecule has 2 heterocycles. The molecule has 0 bridgehead atoms. The van der Waals surface area contributed by atoms with E-state index in [1.165, 1.54) is 12.1 Å². The van der Waals surface area contributed by atoms with Gasteiger partial charge in [0.15, 0.2) is 6.61 Å². The number of nitrogens with zero attached hydrogens (tertiary/aromatic N) is 1. The number of alkyl halides is 3. The summed E-state index contributed by atoms with van der Waals surface area (Å²) in [5.41, 5.74) is -1.08. The number of para-hydroxylation sites is 1. The third-order valence-electron chi connectivity index (χ3n) is 7.44. The lowest BCUT2D eigenvalue weighted by atomic mass is 9.73. The second kappa shape index (κ2) is 12.6. The van der Waals surface area contributed by atoms with Crippen molar-refractivity contribution in [2.24, 2.45) is 5.41 Å². The van der Waals surface area contributed by atoms with Gasteiger partial charge in [-0.3, -0.25) is 14.4 Å². The van der Waals surface area contributed by atoms with E-state index in [1.54, 1.807) is 29.2 Å². The maximum Gasteiger partial charge on any atom is 0.416 e. The van der Waals surface area contributed by atoms with Crippen molar-refractivity contribution in [3.8, 4) is 11.5 Å². The van der Waals surface area contributed by atoms with Crippen molar-refractivity contribution in [1.29, 1.82) is 0 Å². The van der Waals surface area contributed by atoms with Gasteiger partial charge in [0.2, 0.25) is 5.91 Å². The summed E-state index contributed by atoms with van der Waals surface area (Å²) < 4.78 is 50.1. The summed E-state index contributed by atoms with van der Waals surface area (Å²) in [6.07, 6.45) is -1.62. The molecule has 2 aromatic carbocycles. The fraction of sp³-hybridized carbons (Fsp3) is 0.483. The number of ether oxygens (including phenoxy) is 2. The summed E-state index contributed by atoms with van der Waals surface area (Å²) in [5, 5.41) is 5.98. The molecule has 0 saturated carbocycles. The average Bonchev–Trinajstić information content (AvgIpc) is 2.94. The first-order valence-corrected chi connectivity index (χ1v) is 13.5. The molecular formula is C29H34F3N3O5. The highest BCUT2D eigenvalue weighted by Gasteiger charge is 2.42. The smallest absolute Gasteiger partial charge is 0.416 e. The molecule has 1 spiro atoms. The molecule has 0 unspecified atom stereocenters. The number of nitrogens with one attached hydrogen (secondary N) is 2. The zero-order valence-electron chi connectivity index (χ0n) is 22.4. The molecule has 2 aliphatic heterocycles. The molecule has 1 fully saturated rings. The van der Waals surface area contributed by atoms with Crippen LogP contribution in [0.15, 0.2) is 48.5 Å². The molecule has 0 radical (unpaired) electrons. The monoisotopic (exact) mass is 561 g/mol. The van der Waals surface area contributed by atoms with E-state index < -0.39 is 23.8 Å². The van der Waals surface area contributed by atoms with E-state index in [2.05, 4.69) is 10.6 Å². The number of carbonyl (C=O) groups is 3. The van der Waals surface area contributed by atoms with E-state index in [0.29, 0.717) is 63.1 Å². The molecule has 216 valence electrons. The Hall–Kier alpha value is -3.76. The van der Waals surface area contributed by atoms with Gasteiger partial charge >= 0.3 is 6.18 Å². The Morgan fingerprint density at radius 2 is 1.82 bits per heavy atom. The summed E-state index contributed by atoms with van der Waals surface area (Å²) in [6, 6.07) is 11.1. The Morgan fingerprint density at radius 3 is 2.58 bits per heavy atom. The first kappa shape index (κ1) is 29.2. The number of likely N-dealkylation sites (tertiary alicyclic amines) is 1. The second-order valence-electron chi connectivity index (χ2n) is 10.4. The van der Waals surface area contributed by atoms with Gasteiger partial charge in [-0.1, -0.05) is 24.6 Å². The molecule has 8 nitrogen and oxygen atoms in total. The van der Waals surface area contributed by atoms with Crippen molar-refractivity contribution in [1.82, 2.24) is 15.5 Å². The third kappa shape index (κ3) is 7.25. The van der Waals surface area contributed by atoms with Crippen LogP contribution >= 0.6 is 0 Å².